The van der Waals surface area contributed by atoms with Gasteiger partial charge in [-0.2, -0.15) is 15.4 Å². The lowest BCUT2D eigenvalue weighted by Gasteiger charge is -2.12. The fourth-order valence-electron chi connectivity index (χ4n) is 2.61. The zero-order valence-corrected chi connectivity index (χ0v) is 13.5. The Morgan fingerprint density at radius 3 is 2.96 bits per heavy atom. The van der Waals surface area contributed by atoms with E-state index in [9.17, 15) is 9.59 Å². The standard InChI is InChI=1S/C16H19N5O4/c17-16(23)15-14(19-21-20-15)11-5-1-2-6-12(11)25-9-13(22)18-8-10-4-3-7-24-10/h1-2,5-6,10H,3-4,7-9H2,(H2,17,23)(H,18,22)(H,19,20,21). The second kappa shape index (κ2) is 7.75. The summed E-state index contributed by atoms with van der Waals surface area (Å²) in [6.07, 6.45) is 2.04. The van der Waals surface area contributed by atoms with E-state index in [1.807, 2.05) is 0 Å². The summed E-state index contributed by atoms with van der Waals surface area (Å²) in [7, 11) is 0. The summed E-state index contributed by atoms with van der Waals surface area (Å²) in [5.74, 6) is -0.542. The highest BCUT2D eigenvalue weighted by Crippen LogP contribution is 2.29. The van der Waals surface area contributed by atoms with Gasteiger partial charge in [0.1, 0.15) is 11.4 Å². The van der Waals surface area contributed by atoms with Gasteiger partial charge < -0.3 is 20.5 Å². The second-order valence-electron chi connectivity index (χ2n) is 5.61. The average Bonchev–Trinajstić information content (AvgIpc) is 3.29. The molecule has 1 aliphatic heterocycles. The smallest absolute Gasteiger partial charge is 0.271 e. The van der Waals surface area contributed by atoms with Gasteiger partial charge in [0.25, 0.3) is 11.8 Å². The molecule has 0 bridgehead atoms. The lowest BCUT2D eigenvalue weighted by atomic mass is 10.1. The molecule has 2 aromatic rings. The Balaban J connectivity index is 1.64. The molecule has 1 atom stereocenters. The van der Waals surface area contributed by atoms with E-state index in [1.165, 1.54) is 0 Å². The van der Waals surface area contributed by atoms with Crippen LogP contribution in [0.15, 0.2) is 24.3 Å². The number of carbonyl (C=O) groups is 2. The number of nitrogens with one attached hydrogen (secondary N) is 2. The van der Waals surface area contributed by atoms with Crippen molar-refractivity contribution < 1.29 is 19.1 Å². The van der Waals surface area contributed by atoms with Crippen molar-refractivity contribution in [2.45, 2.75) is 18.9 Å². The van der Waals surface area contributed by atoms with Crippen LogP contribution in [-0.2, 0) is 9.53 Å². The van der Waals surface area contributed by atoms with E-state index >= 15 is 0 Å². The van der Waals surface area contributed by atoms with Gasteiger partial charge in [-0.05, 0) is 25.0 Å². The zero-order valence-electron chi connectivity index (χ0n) is 13.5. The number of ether oxygens (including phenoxy) is 2. The van der Waals surface area contributed by atoms with Crippen molar-refractivity contribution in [2.24, 2.45) is 5.73 Å². The van der Waals surface area contributed by atoms with Gasteiger partial charge in [-0.1, -0.05) is 12.1 Å². The van der Waals surface area contributed by atoms with Crippen molar-refractivity contribution in [3.63, 3.8) is 0 Å². The molecule has 1 aliphatic rings. The molecule has 25 heavy (non-hydrogen) atoms. The van der Waals surface area contributed by atoms with Crippen LogP contribution in [0.4, 0.5) is 0 Å². The Morgan fingerprint density at radius 1 is 1.36 bits per heavy atom. The minimum absolute atomic E-state index is 0.0129. The Morgan fingerprint density at radius 2 is 2.20 bits per heavy atom. The number of para-hydroxylation sites is 1. The maximum absolute atomic E-state index is 11.9. The van der Waals surface area contributed by atoms with Gasteiger partial charge in [-0.15, -0.1) is 0 Å². The summed E-state index contributed by atoms with van der Waals surface area (Å²) in [6, 6.07) is 6.92. The van der Waals surface area contributed by atoms with Gasteiger partial charge in [0.2, 0.25) is 0 Å². The number of primary amides is 1. The number of benzene rings is 1. The van der Waals surface area contributed by atoms with Crippen LogP contribution in [0.3, 0.4) is 0 Å². The maximum atomic E-state index is 11.9. The van der Waals surface area contributed by atoms with Crippen molar-refractivity contribution in [2.75, 3.05) is 19.8 Å². The second-order valence-corrected chi connectivity index (χ2v) is 5.61. The zero-order chi connectivity index (χ0) is 17.6. The number of aromatic amines is 1. The number of nitrogens with two attached hydrogens (primary N) is 1. The molecule has 1 fully saturated rings. The third kappa shape index (κ3) is 4.13. The van der Waals surface area contributed by atoms with Gasteiger partial charge in [-0.3, -0.25) is 9.59 Å². The van der Waals surface area contributed by atoms with Crippen LogP contribution in [0.1, 0.15) is 23.3 Å². The lowest BCUT2D eigenvalue weighted by Crippen LogP contribution is -2.35. The number of hydrogen-bond donors (Lipinski definition) is 3. The largest absolute Gasteiger partial charge is 0.483 e. The molecule has 4 N–H and O–H groups in total. The number of carbonyl (C=O) groups excluding carboxylic acids is 2. The lowest BCUT2D eigenvalue weighted by molar-refractivity contribution is -0.123. The van der Waals surface area contributed by atoms with Crippen LogP contribution in [0.5, 0.6) is 5.75 Å². The highest BCUT2D eigenvalue weighted by atomic mass is 16.5. The molecule has 0 aliphatic carbocycles. The number of rotatable bonds is 7. The Kier molecular flexibility index (Phi) is 5.24. The first kappa shape index (κ1) is 16.9. The topological polar surface area (TPSA) is 132 Å². The molecule has 0 saturated carbocycles. The summed E-state index contributed by atoms with van der Waals surface area (Å²) >= 11 is 0. The predicted octanol–water partition coefficient (Wildman–Crippen LogP) is 0.245. The molecule has 0 radical (unpaired) electrons. The van der Waals surface area contributed by atoms with Crippen LogP contribution in [0, 0.1) is 0 Å². The van der Waals surface area contributed by atoms with Crippen molar-refractivity contribution >= 4 is 11.8 Å². The summed E-state index contributed by atoms with van der Waals surface area (Å²) in [6.45, 7) is 1.05. The van der Waals surface area contributed by atoms with Gasteiger partial charge in [0, 0.05) is 18.7 Å². The van der Waals surface area contributed by atoms with E-state index in [4.69, 9.17) is 15.2 Å². The van der Waals surface area contributed by atoms with E-state index in [0.717, 1.165) is 19.4 Å². The molecule has 9 heteroatoms. The number of hydrogen-bond acceptors (Lipinski definition) is 6. The fraction of sp³-hybridized carbons (Fsp3) is 0.375. The molecule has 1 saturated heterocycles. The Labute approximate surface area is 143 Å². The molecule has 2 heterocycles. The van der Waals surface area contributed by atoms with E-state index < -0.39 is 5.91 Å². The average molecular weight is 345 g/mol. The normalized spacial score (nSPS) is 16.6. The predicted molar refractivity (Wildman–Crippen MR) is 87.8 cm³/mol. The summed E-state index contributed by atoms with van der Waals surface area (Å²) in [5.41, 5.74) is 6.11. The molecule has 1 aromatic heterocycles. The van der Waals surface area contributed by atoms with Gasteiger partial charge in [-0.25, -0.2) is 0 Å². The molecule has 2 amide bonds. The first-order valence-corrected chi connectivity index (χ1v) is 7.96. The Bertz CT molecular complexity index is 754. The SMILES string of the molecule is NC(=O)c1n[nH]nc1-c1ccccc1OCC(=O)NCC1CCCO1. The quantitative estimate of drug-likeness (QED) is 0.659. The van der Waals surface area contributed by atoms with Crippen LogP contribution >= 0.6 is 0 Å². The highest BCUT2D eigenvalue weighted by Gasteiger charge is 2.19. The van der Waals surface area contributed by atoms with Crippen molar-refractivity contribution in [3.05, 3.63) is 30.0 Å². The number of aromatic nitrogens is 3. The summed E-state index contributed by atoms with van der Waals surface area (Å²) < 4.78 is 11.0. The molecule has 1 aromatic carbocycles. The highest BCUT2D eigenvalue weighted by molar-refractivity contribution is 5.97. The Hall–Kier alpha value is -2.94. The summed E-state index contributed by atoms with van der Waals surface area (Å²) in [5, 5.41) is 12.8. The first-order chi connectivity index (χ1) is 12.1. The molecular formula is C16H19N5O4. The third-order valence-corrected chi connectivity index (χ3v) is 3.83. The minimum Gasteiger partial charge on any atom is -0.483 e. The van der Waals surface area contributed by atoms with Crippen LogP contribution in [0.25, 0.3) is 11.3 Å². The van der Waals surface area contributed by atoms with Crippen LogP contribution in [0.2, 0.25) is 0 Å². The molecule has 0 spiro atoms. The van der Waals surface area contributed by atoms with Crippen LogP contribution in [-0.4, -0.2) is 53.1 Å². The molecule has 132 valence electrons. The number of amides is 2. The molecule has 3 rings (SSSR count). The van der Waals surface area contributed by atoms with Gasteiger partial charge in [0.15, 0.2) is 12.3 Å². The van der Waals surface area contributed by atoms with E-state index in [1.54, 1.807) is 24.3 Å². The van der Waals surface area contributed by atoms with E-state index in [2.05, 4.69) is 20.7 Å². The van der Waals surface area contributed by atoms with Crippen LogP contribution < -0.4 is 15.8 Å². The molecular weight excluding hydrogens is 326 g/mol. The van der Waals surface area contributed by atoms with Crippen molar-refractivity contribution in [1.82, 2.24) is 20.7 Å². The van der Waals surface area contributed by atoms with E-state index in [-0.39, 0.29) is 30.0 Å². The van der Waals surface area contributed by atoms with E-state index in [0.29, 0.717) is 17.9 Å². The van der Waals surface area contributed by atoms with Crippen molar-refractivity contribution in [1.29, 1.82) is 0 Å². The molecule has 1 unspecified atom stereocenters. The monoisotopic (exact) mass is 345 g/mol. The minimum atomic E-state index is -0.701. The van der Waals surface area contributed by atoms with Gasteiger partial charge in [0.05, 0.1) is 6.10 Å². The first-order valence-electron chi connectivity index (χ1n) is 7.96. The van der Waals surface area contributed by atoms with Crippen molar-refractivity contribution in [3.8, 4) is 17.0 Å². The molecule has 9 nitrogen and oxygen atoms in total. The van der Waals surface area contributed by atoms with Gasteiger partial charge >= 0.3 is 0 Å². The fourth-order valence-corrected chi connectivity index (χ4v) is 2.61. The number of nitrogens with zero attached hydrogens (tertiary/aromatic N) is 2. The number of H-pyrrole nitrogens is 1. The summed E-state index contributed by atoms with van der Waals surface area (Å²) in [4.78, 5) is 23.4. The maximum Gasteiger partial charge on any atom is 0.271 e. The third-order valence-electron chi connectivity index (χ3n) is 3.83.